The maximum Gasteiger partial charge on any atom is 0.250 e. The molecule has 3 aromatic rings. The molecule has 9 heteroatoms. The van der Waals surface area contributed by atoms with E-state index in [0.717, 1.165) is 15.9 Å². The van der Waals surface area contributed by atoms with E-state index in [1.807, 2.05) is 13.8 Å². The fraction of sp³-hybridized carbons (Fsp3) is 0.278. The number of anilines is 1. The van der Waals surface area contributed by atoms with Crippen molar-refractivity contribution in [2.75, 3.05) is 5.32 Å². The van der Waals surface area contributed by atoms with Gasteiger partial charge in [-0.1, -0.05) is 17.7 Å². The summed E-state index contributed by atoms with van der Waals surface area (Å²) in [6.45, 7) is 5.60. The summed E-state index contributed by atoms with van der Waals surface area (Å²) in [5, 5.41) is 11.8. The Labute approximate surface area is 169 Å². The van der Waals surface area contributed by atoms with Gasteiger partial charge in [-0.15, -0.1) is 0 Å². The van der Waals surface area contributed by atoms with Crippen LogP contribution in [0.15, 0.2) is 34.9 Å². The van der Waals surface area contributed by atoms with E-state index >= 15 is 0 Å². The summed E-state index contributed by atoms with van der Waals surface area (Å²) in [6.07, 6.45) is 1.75. The van der Waals surface area contributed by atoms with Gasteiger partial charge < -0.3 is 5.32 Å². The van der Waals surface area contributed by atoms with Crippen molar-refractivity contribution in [1.29, 1.82) is 0 Å². The van der Waals surface area contributed by atoms with Crippen LogP contribution in [0.4, 0.5) is 10.2 Å². The molecular weight excluding hydrogens is 437 g/mol. The first-order chi connectivity index (χ1) is 12.8. The number of benzene rings is 1. The largest absolute Gasteiger partial charge is 0.307 e. The van der Waals surface area contributed by atoms with Crippen LogP contribution in [-0.4, -0.2) is 25.5 Å². The van der Waals surface area contributed by atoms with Crippen LogP contribution in [0.2, 0.25) is 5.02 Å². The number of carbonyl (C=O) groups is 1. The number of aryl methyl sites for hydroxylation is 2. The summed E-state index contributed by atoms with van der Waals surface area (Å²) < 4.78 is 18.0. The van der Waals surface area contributed by atoms with Crippen molar-refractivity contribution in [3.05, 3.63) is 62.7 Å². The van der Waals surface area contributed by atoms with Crippen LogP contribution in [0.25, 0.3) is 0 Å². The average Bonchev–Trinajstić information content (AvgIpc) is 3.12. The number of rotatable bonds is 5. The summed E-state index contributed by atoms with van der Waals surface area (Å²) in [4.78, 5) is 12.5. The molecule has 1 unspecified atom stereocenters. The van der Waals surface area contributed by atoms with Crippen molar-refractivity contribution < 1.29 is 9.18 Å². The monoisotopic (exact) mass is 453 g/mol. The molecule has 0 saturated carbocycles. The number of aromatic nitrogens is 4. The van der Waals surface area contributed by atoms with E-state index < -0.39 is 11.9 Å². The second-order valence-electron chi connectivity index (χ2n) is 6.24. The topological polar surface area (TPSA) is 64.7 Å². The minimum absolute atomic E-state index is 0.175. The zero-order valence-corrected chi connectivity index (χ0v) is 17.3. The average molecular weight is 455 g/mol. The van der Waals surface area contributed by atoms with Crippen LogP contribution < -0.4 is 5.32 Å². The molecule has 0 aliphatic heterocycles. The van der Waals surface area contributed by atoms with Crippen LogP contribution in [0.5, 0.6) is 0 Å². The van der Waals surface area contributed by atoms with Crippen LogP contribution in [0.3, 0.4) is 0 Å². The van der Waals surface area contributed by atoms with E-state index in [2.05, 4.69) is 31.4 Å². The molecule has 27 heavy (non-hydrogen) atoms. The lowest BCUT2D eigenvalue weighted by Gasteiger charge is -2.11. The second kappa shape index (κ2) is 7.82. The summed E-state index contributed by atoms with van der Waals surface area (Å²) in [7, 11) is 0. The van der Waals surface area contributed by atoms with Gasteiger partial charge in [-0.05, 0) is 48.8 Å². The fourth-order valence-electron chi connectivity index (χ4n) is 2.57. The Morgan fingerprint density at radius 3 is 2.74 bits per heavy atom. The molecular formula is C18H18BrClFN5O. The van der Waals surface area contributed by atoms with E-state index in [4.69, 9.17) is 11.6 Å². The molecule has 0 aliphatic carbocycles. The molecule has 6 nitrogen and oxygen atoms in total. The van der Waals surface area contributed by atoms with Crippen molar-refractivity contribution in [2.45, 2.75) is 33.4 Å². The molecule has 1 N–H and O–H groups in total. The molecule has 142 valence electrons. The summed E-state index contributed by atoms with van der Waals surface area (Å²) in [5.41, 5.74) is 1.93. The Balaban J connectivity index is 1.75. The van der Waals surface area contributed by atoms with E-state index in [-0.39, 0.29) is 12.5 Å². The number of halogens is 3. The zero-order valence-electron chi connectivity index (χ0n) is 15.0. The van der Waals surface area contributed by atoms with Crippen molar-refractivity contribution in [1.82, 2.24) is 19.6 Å². The van der Waals surface area contributed by atoms with Gasteiger partial charge in [0.05, 0.1) is 16.7 Å². The standard InChI is InChI=1S/C18H18BrClFN5O/c1-10-7-17(22-18(27)12(3)26-9-14(19)11(2)23-26)24-25(10)8-13-15(20)5-4-6-16(13)21/h4-7,9,12H,8H2,1-3H3,(H,22,24,27). The van der Waals surface area contributed by atoms with Crippen molar-refractivity contribution >= 4 is 39.3 Å². The van der Waals surface area contributed by atoms with E-state index in [9.17, 15) is 9.18 Å². The Bertz CT molecular complexity index is 960. The van der Waals surface area contributed by atoms with Gasteiger partial charge in [0.2, 0.25) is 5.91 Å². The highest BCUT2D eigenvalue weighted by atomic mass is 79.9. The van der Waals surface area contributed by atoms with E-state index in [1.54, 1.807) is 40.7 Å². The van der Waals surface area contributed by atoms with Gasteiger partial charge in [-0.3, -0.25) is 14.2 Å². The Morgan fingerprint density at radius 1 is 1.37 bits per heavy atom. The smallest absolute Gasteiger partial charge is 0.250 e. The molecule has 0 aliphatic rings. The zero-order chi connectivity index (χ0) is 19.7. The Morgan fingerprint density at radius 2 is 2.11 bits per heavy atom. The highest BCUT2D eigenvalue weighted by molar-refractivity contribution is 9.10. The molecule has 1 aromatic carbocycles. The molecule has 0 fully saturated rings. The number of nitrogens with zero attached hydrogens (tertiary/aromatic N) is 4. The third-order valence-corrected chi connectivity index (χ3v) is 5.37. The Hall–Kier alpha value is -2.19. The molecule has 0 bridgehead atoms. The molecule has 0 radical (unpaired) electrons. The fourth-order valence-corrected chi connectivity index (χ4v) is 3.08. The summed E-state index contributed by atoms with van der Waals surface area (Å²) in [6, 6.07) is 5.76. The first-order valence-corrected chi connectivity index (χ1v) is 9.43. The van der Waals surface area contributed by atoms with Crippen LogP contribution in [0.1, 0.15) is 29.9 Å². The molecule has 1 atom stereocenters. The van der Waals surface area contributed by atoms with Crippen molar-refractivity contribution in [3.8, 4) is 0 Å². The van der Waals surface area contributed by atoms with E-state index in [1.165, 1.54) is 6.07 Å². The van der Waals surface area contributed by atoms with Gasteiger partial charge in [-0.2, -0.15) is 10.2 Å². The molecule has 0 spiro atoms. The van der Waals surface area contributed by atoms with Gasteiger partial charge >= 0.3 is 0 Å². The van der Waals surface area contributed by atoms with Crippen LogP contribution >= 0.6 is 27.5 Å². The van der Waals surface area contributed by atoms with Crippen LogP contribution in [-0.2, 0) is 11.3 Å². The predicted molar refractivity (Wildman–Crippen MR) is 105 cm³/mol. The lowest BCUT2D eigenvalue weighted by molar-refractivity contribution is -0.119. The first kappa shape index (κ1) is 19.6. The molecule has 1 amide bonds. The summed E-state index contributed by atoms with van der Waals surface area (Å²) >= 11 is 9.47. The number of hydrogen-bond donors (Lipinski definition) is 1. The summed E-state index contributed by atoms with van der Waals surface area (Å²) in [5.74, 6) is -0.255. The highest BCUT2D eigenvalue weighted by Gasteiger charge is 2.19. The lowest BCUT2D eigenvalue weighted by Crippen LogP contribution is -2.24. The minimum Gasteiger partial charge on any atom is -0.307 e. The second-order valence-corrected chi connectivity index (χ2v) is 7.50. The van der Waals surface area contributed by atoms with E-state index in [0.29, 0.717) is 16.4 Å². The van der Waals surface area contributed by atoms with Crippen molar-refractivity contribution in [2.24, 2.45) is 0 Å². The van der Waals surface area contributed by atoms with Gasteiger partial charge in [0.15, 0.2) is 5.82 Å². The molecule has 0 saturated heterocycles. The predicted octanol–water partition coefficient (Wildman–Crippen LogP) is 4.50. The first-order valence-electron chi connectivity index (χ1n) is 8.25. The van der Waals surface area contributed by atoms with Crippen LogP contribution in [0, 0.1) is 19.7 Å². The van der Waals surface area contributed by atoms with Gasteiger partial charge in [0.25, 0.3) is 0 Å². The maximum atomic E-state index is 14.0. The van der Waals surface area contributed by atoms with Gasteiger partial charge in [-0.25, -0.2) is 4.39 Å². The van der Waals surface area contributed by atoms with Gasteiger partial charge in [0.1, 0.15) is 11.9 Å². The molecule has 3 rings (SSSR count). The third-order valence-electron chi connectivity index (χ3n) is 4.24. The normalized spacial score (nSPS) is 12.2. The number of amides is 1. The highest BCUT2D eigenvalue weighted by Crippen LogP contribution is 2.22. The number of nitrogens with one attached hydrogen (secondary N) is 1. The third kappa shape index (κ3) is 4.22. The quantitative estimate of drug-likeness (QED) is 0.617. The molecule has 2 heterocycles. The number of hydrogen-bond acceptors (Lipinski definition) is 3. The molecule has 2 aromatic heterocycles. The SMILES string of the molecule is Cc1nn(C(C)C(=O)Nc2cc(C)n(Cc3c(F)cccc3Cl)n2)cc1Br. The maximum absolute atomic E-state index is 14.0. The Kier molecular flexibility index (Phi) is 5.67. The van der Waals surface area contributed by atoms with Crippen molar-refractivity contribution in [3.63, 3.8) is 0 Å². The lowest BCUT2D eigenvalue weighted by atomic mass is 10.2. The minimum atomic E-state index is -0.513. The van der Waals surface area contributed by atoms with Gasteiger partial charge in [0, 0.05) is 28.5 Å². The number of carbonyl (C=O) groups excluding carboxylic acids is 1.